The number of ketones is 1. The molecule has 1 N–H and O–H groups in total. The molecule has 28 heavy (non-hydrogen) atoms. The summed E-state index contributed by atoms with van der Waals surface area (Å²) in [6.45, 7) is 6.17. The SMILES string of the molecule is CCN(CCCNC(=O)C(=O)c1c(C)n(C)c2ccccc12)c1ccccc1. The van der Waals surface area contributed by atoms with Crippen LogP contribution < -0.4 is 10.2 Å². The maximum atomic E-state index is 12.8. The van der Waals surface area contributed by atoms with Gasteiger partial charge >= 0.3 is 0 Å². The van der Waals surface area contributed by atoms with Crippen molar-refractivity contribution >= 4 is 28.3 Å². The lowest BCUT2D eigenvalue weighted by Gasteiger charge is -2.23. The van der Waals surface area contributed by atoms with E-state index in [4.69, 9.17) is 0 Å². The Bertz CT molecular complexity index is 976. The molecule has 1 aromatic heterocycles. The van der Waals surface area contributed by atoms with Crippen LogP contribution in [0.25, 0.3) is 10.9 Å². The zero-order valence-corrected chi connectivity index (χ0v) is 16.7. The maximum Gasteiger partial charge on any atom is 0.292 e. The monoisotopic (exact) mass is 377 g/mol. The standard InChI is InChI=1S/C23H27N3O2/c1-4-26(18-11-6-5-7-12-18)16-10-15-24-23(28)22(27)21-17(2)25(3)20-14-9-8-13-19(20)21/h5-9,11-14H,4,10,15-16H2,1-3H3,(H,24,28). The molecule has 5 nitrogen and oxygen atoms in total. The summed E-state index contributed by atoms with van der Waals surface area (Å²) in [4.78, 5) is 27.5. The lowest BCUT2D eigenvalue weighted by Crippen LogP contribution is -2.34. The minimum absolute atomic E-state index is 0.468. The first-order chi connectivity index (χ1) is 13.5. The minimum atomic E-state index is -0.540. The molecule has 3 aromatic rings. The van der Waals surface area contributed by atoms with Gasteiger partial charge in [0.25, 0.3) is 11.7 Å². The molecule has 0 spiro atoms. The number of anilines is 1. The van der Waals surface area contributed by atoms with Crippen LogP contribution in [0.15, 0.2) is 54.6 Å². The zero-order chi connectivity index (χ0) is 20.1. The largest absolute Gasteiger partial charge is 0.372 e. The Morgan fingerprint density at radius 3 is 2.43 bits per heavy atom. The Labute approximate surface area is 166 Å². The quantitative estimate of drug-likeness (QED) is 0.370. The van der Waals surface area contributed by atoms with Gasteiger partial charge in [-0.15, -0.1) is 0 Å². The first-order valence-electron chi connectivity index (χ1n) is 9.71. The highest BCUT2D eigenvalue weighted by Gasteiger charge is 2.23. The molecule has 0 saturated carbocycles. The van der Waals surface area contributed by atoms with Gasteiger partial charge in [0.05, 0.1) is 5.56 Å². The average molecular weight is 377 g/mol. The van der Waals surface area contributed by atoms with Crippen LogP contribution in [0.5, 0.6) is 0 Å². The van der Waals surface area contributed by atoms with Gasteiger partial charge in [-0.05, 0) is 38.5 Å². The summed E-state index contributed by atoms with van der Waals surface area (Å²) in [5.41, 5.74) is 3.43. The molecule has 2 aromatic carbocycles. The number of hydrogen-bond acceptors (Lipinski definition) is 3. The maximum absolute atomic E-state index is 12.8. The topological polar surface area (TPSA) is 54.3 Å². The number of fused-ring (bicyclic) bond motifs is 1. The van der Waals surface area contributed by atoms with Crippen LogP contribution in [0, 0.1) is 6.92 Å². The van der Waals surface area contributed by atoms with Crippen molar-refractivity contribution in [2.45, 2.75) is 20.3 Å². The summed E-state index contributed by atoms with van der Waals surface area (Å²) in [5.74, 6) is -1.01. The molecule has 1 heterocycles. The van der Waals surface area contributed by atoms with E-state index < -0.39 is 11.7 Å². The average Bonchev–Trinajstić information content (AvgIpc) is 2.98. The number of para-hydroxylation sites is 2. The number of carbonyl (C=O) groups excluding carboxylic acids is 2. The van der Waals surface area contributed by atoms with Gasteiger partial charge in [-0.3, -0.25) is 9.59 Å². The molecule has 0 unspecified atom stereocenters. The Hall–Kier alpha value is -3.08. The van der Waals surface area contributed by atoms with Crippen molar-refractivity contribution in [1.82, 2.24) is 9.88 Å². The first-order valence-corrected chi connectivity index (χ1v) is 9.71. The van der Waals surface area contributed by atoms with Crippen molar-refractivity contribution in [2.24, 2.45) is 7.05 Å². The van der Waals surface area contributed by atoms with Crippen molar-refractivity contribution in [3.63, 3.8) is 0 Å². The van der Waals surface area contributed by atoms with E-state index in [1.54, 1.807) is 0 Å². The lowest BCUT2D eigenvalue weighted by atomic mass is 10.1. The second kappa shape index (κ2) is 8.74. The number of nitrogens with one attached hydrogen (secondary N) is 1. The third kappa shape index (κ3) is 3.93. The second-order valence-electron chi connectivity index (χ2n) is 6.89. The van der Waals surface area contributed by atoms with Crippen molar-refractivity contribution in [2.75, 3.05) is 24.5 Å². The highest BCUT2D eigenvalue weighted by atomic mass is 16.2. The van der Waals surface area contributed by atoms with Crippen LogP contribution in [0.1, 0.15) is 29.4 Å². The Morgan fingerprint density at radius 1 is 1.04 bits per heavy atom. The fourth-order valence-corrected chi connectivity index (χ4v) is 3.58. The summed E-state index contributed by atoms with van der Waals surface area (Å²) < 4.78 is 1.95. The molecule has 146 valence electrons. The summed E-state index contributed by atoms with van der Waals surface area (Å²) in [5, 5.41) is 3.61. The number of rotatable bonds is 8. The van der Waals surface area contributed by atoms with Crippen molar-refractivity contribution in [1.29, 1.82) is 0 Å². The van der Waals surface area contributed by atoms with Gasteiger partial charge in [0.15, 0.2) is 0 Å². The molecule has 0 aliphatic carbocycles. The molecule has 5 heteroatoms. The van der Waals surface area contributed by atoms with E-state index in [2.05, 4.69) is 29.3 Å². The number of nitrogens with zero attached hydrogens (tertiary/aromatic N) is 2. The van der Waals surface area contributed by atoms with Crippen LogP contribution in [0.3, 0.4) is 0 Å². The Kier molecular flexibility index (Phi) is 6.14. The van der Waals surface area contributed by atoms with E-state index in [1.165, 1.54) is 5.69 Å². The van der Waals surface area contributed by atoms with E-state index >= 15 is 0 Å². The van der Waals surface area contributed by atoms with E-state index in [-0.39, 0.29) is 0 Å². The molecule has 0 radical (unpaired) electrons. The number of Topliss-reactive ketones (excluding diaryl/α,β-unsaturated/α-hetero) is 1. The molecular formula is C23H27N3O2. The van der Waals surface area contributed by atoms with Crippen molar-refractivity contribution in [3.8, 4) is 0 Å². The van der Waals surface area contributed by atoms with E-state index in [9.17, 15) is 9.59 Å². The van der Waals surface area contributed by atoms with Gasteiger partial charge < -0.3 is 14.8 Å². The number of benzene rings is 2. The molecule has 0 bridgehead atoms. The van der Waals surface area contributed by atoms with Gasteiger partial charge in [0.1, 0.15) is 0 Å². The van der Waals surface area contributed by atoms with Gasteiger partial charge in [-0.1, -0.05) is 36.4 Å². The second-order valence-corrected chi connectivity index (χ2v) is 6.89. The summed E-state index contributed by atoms with van der Waals surface area (Å²) in [6, 6.07) is 17.9. The van der Waals surface area contributed by atoms with Crippen LogP contribution in [0.4, 0.5) is 5.69 Å². The number of aromatic nitrogens is 1. The lowest BCUT2D eigenvalue weighted by molar-refractivity contribution is -0.117. The zero-order valence-electron chi connectivity index (χ0n) is 16.7. The van der Waals surface area contributed by atoms with E-state index in [1.807, 2.05) is 61.0 Å². The normalized spacial score (nSPS) is 10.8. The van der Waals surface area contributed by atoms with Gasteiger partial charge in [-0.2, -0.15) is 0 Å². The van der Waals surface area contributed by atoms with Crippen molar-refractivity contribution < 1.29 is 9.59 Å². The van der Waals surface area contributed by atoms with Crippen LogP contribution in [-0.4, -0.2) is 35.9 Å². The first kappa shape index (κ1) is 19.7. The number of hydrogen-bond donors (Lipinski definition) is 1. The predicted octanol–water partition coefficient (Wildman–Crippen LogP) is 3.70. The predicted molar refractivity (Wildman–Crippen MR) is 114 cm³/mol. The molecular weight excluding hydrogens is 350 g/mol. The molecule has 1 amide bonds. The van der Waals surface area contributed by atoms with E-state index in [0.29, 0.717) is 12.1 Å². The van der Waals surface area contributed by atoms with Gasteiger partial charge in [0, 0.05) is 49.0 Å². The summed E-state index contributed by atoms with van der Waals surface area (Å²) in [7, 11) is 1.91. The Balaban J connectivity index is 1.60. The fraction of sp³-hybridized carbons (Fsp3) is 0.304. The smallest absolute Gasteiger partial charge is 0.292 e. The molecule has 0 saturated heterocycles. The van der Waals surface area contributed by atoms with Crippen LogP contribution in [-0.2, 0) is 11.8 Å². The van der Waals surface area contributed by atoms with Crippen LogP contribution >= 0.6 is 0 Å². The van der Waals surface area contributed by atoms with Crippen LogP contribution in [0.2, 0.25) is 0 Å². The number of carbonyl (C=O) groups is 2. The highest BCUT2D eigenvalue weighted by Crippen LogP contribution is 2.25. The third-order valence-corrected chi connectivity index (χ3v) is 5.23. The van der Waals surface area contributed by atoms with Gasteiger partial charge in [-0.25, -0.2) is 0 Å². The summed E-state index contributed by atoms with van der Waals surface area (Å²) in [6.07, 6.45) is 0.774. The number of amides is 1. The molecule has 0 fully saturated rings. The molecule has 0 aliphatic rings. The van der Waals surface area contributed by atoms with Gasteiger partial charge in [0.2, 0.25) is 0 Å². The molecule has 0 atom stereocenters. The minimum Gasteiger partial charge on any atom is -0.372 e. The highest BCUT2D eigenvalue weighted by molar-refractivity contribution is 6.45. The number of aryl methyl sites for hydroxylation is 1. The molecule has 0 aliphatic heterocycles. The summed E-state index contributed by atoms with van der Waals surface area (Å²) >= 11 is 0. The Morgan fingerprint density at radius 2 is 1.71 bits per heavy atom. The molecule has 3 rings (SSSR count). The fourth-order valence-electron chi connectivity index (χ4n) is 3.58. The van der Waals surface area contributed by atoms with E-state index in [0.717, 1.165) is 36.1 Å². The third-order valence-electron chi connectivity index (χ3n) is 5.23. The van der Waals surface area contributed by atoms with Crippen molar-refractivity contribution in [3.05, 3.63) is 65.9 Å².